The van der Waals surface area contributed by atoms with E-state index in [1.165, 1.54) is 21.3 Å². The summed E-state index contributed by atoms with van der Waals surface area (Å²) in [6.45, 7) is 4.04. The van der Waals surface area contributed by atoms with Crippen LogP contribution < -0.4 is 19.1 Å². The number of methoxy groups -OCH3 is 3. The quantitative estimate of drug-likeness (QED) is 0.140. The van der Waals surface area contributed by atoms with Crippen molar-refractivity contribution in [3.8, 4) is 17.2 Å². The minimum atomic E-state index is -4.37. The van der Waals surface area contributed by atoms with E-state index in [0.29, 0.717) is 47.5 Å². The standard InChI is InChI=1S/C38H45ClF3N5O5/c1-49-32-23-27(24-33(50-2)34(32)51-3)35(48)46-18-14-37(25-46,28-9-11-29(39)12-10-28)13-17-44-15-6-16-45(20-19-44)36-43-30-7-4-5-8-31(30)47(36)21-22-52-26-38(40,41)42/h4-5,7-12,23-24H,6,13-22,25-26H2,1-3H3. The molecule has 52 heavy (non-hydrogen) atoms. The first-order chi connectivity index (χ1) is 25.0. The van der Waals surface area contributed by atoms with Crippen molar-refractivity contribution in [3.05, 3.63) is 76.8 Å². The van der Waals surface area contributed by atoms with Crippen LogP contribution in [0.15, 0.2) is 60.7 Å². The summed E-state index contributed by atoms with van der Waals surface area (Å²) < 4.78 is 61.6. The molecule has 0 radical (unpaired) electrons. The molecular weight excluding hydrogens is 699 g/mol. The van der Waals surface area contributed by atoms with Gasteiger partial charge in [-0.05, 0) is 74.3 Å². The minimum absolute atomic E-state index is 0.0707. The lowest BCUT2D eigenvalue weighted by atomic mass is 9.76. The van der Waals surface area contributed by atoms with Gasteiger partial charge in [-0.3, -0.25) is 4.79 Å². The molecule has 2 saturated heterocycles. The average Bonchev–Trinajstić information content (AvgIpc) is 3.66. The van der Waals surface area contributed by atoms with Crippen LogP contribution in [0.5, 0.6) is 17.2 Å². The smallest absolute Gasteiger partial charge is 0.411 e. The second kappa shape index (κ2) is 16.2. The molecule has 2 aliphatic heterocycles. The van der Waals surface area contributed by atoms with Crippen LogP contribution in [0.25, 0.3) is 11.0 Å². The topological polar surface area (TPSA) is 81.5 Å². The molecule has 0 N–H and O–H groups in total. The van der Waals surface area contributed by atoms with E-state index in [0.717, 1.165) is 68.0 Å². The van der Waals surface area contributed by atoms with E-state index < -0.39 is 12.8 Å². The molecule has 14 heteroatoms. The zero-order chi connectivity index (χ0) is 36.9. The summed E-state index contributed by atoms with van der Waals surface area (Å²) in [7, 11) is 4.59. The second-order valence-corrected chi connectivity index (χ2v) is 13.8. The fourth-order valence-corrected chi connectivity index (χ4v) is 7.58. The van der Waals surface area contributed by atoms with Crippen molar-refractivity contribution >= 4 is 34.5 Å². The summed E-state index contributed by atoms with van der Waals surface area (Å²) >= 11 is 6.31. The highest BCUT2D eigenvalue weighted by Crippen LogP contribution is 2.42. The summed E-state index contributed by atoms with van der Waals surface area (Å²) in [4.78, 5) is 25.5. The van der Waals surface area contributed by atoms with E-state index >= 15 is 0 Å². The number of amides is 1. The molecule has 0 aliphatic carbocycles. The third kappa shape index (κ3) is 8.37. The van der Waals surface area contributed by atoms with Crippen LogP contribution in [0.4, 0.5) is 19.1 Å². The first kappa shape index (κ1) is 37.6. The number of benzene rings is 3. The van der Waals surface area contributed by atoms with E-state index in [4.69, 9.17) is 35.5 Å². The molecule has 0 saturated carbocycles. The molecule has 0 spiro atoms. The van der Waals surface area contributed by atoms with Gasteiger partial charge in [0.05, 0.1) is 39.0 Å². The zero-order valence-electron chi connectivity index (χ0n) is 29.8. The van der Waals surface area contributed by atoms with Crippen molar-refractivity contribution in [1.29, 1.82) is 0 Å². The molecule has 0 bridgehead atoms. The highest BCUT2D eigenvalue weighted by atomic mass is 35.5. The lowest BCUT2D eigenvalue weighted by Crippen LogP contribution is -2.39. The van der Waals surface area contributed by atoms with Crippen LogP contribution in [-0.4, -0.2) is 112 Å². The largest absolute Gasteiger partial charge is 0.493 e. The maximum absolute atomic E-state index is 14.0. The Bertz CT molecular complexity index is 1810. The summed E-state index contributed by atoms with van der Waals surface area (Å²) in [5.41, 5.74) is 3.00. The monoisotopic (exact) mass is 743 g/mol. The van der Waals surface area contributed by atoms with E-state index in [1.54, 1.807) is 12.1 Å². The molecule has 2 fully saturated rings. The number of likely N-dealkylation sites (tertiary alicyclic amines) is 1. The van der Waals surface area contributed by atoms with Gasteiger partial charge < -0.3 is 38.2 Å². The van der Waals surface area contributed by atoms with Crippen molar-refractivity contribution < 1.29 is 36.9 Å². The van der Waals surface area contributed by atoms with Gasteiger partial charge in [0.25, 0.3) is 5.91 Å². The number of fused-ring (bicyclic) bond motifs is 1. The number of para-hydroxylation sites is 2. The number of aromatic nitrogens is 2. The maximum atomic E-state index is 14.0. The number of anilines is 1. The SMILES string of the molecule is COc1cc(C(=O)N2CCC(CCN3CCCN(c4nc5ccccc5n4CCOCC(F)(F)F)CC3)(c3ccc(Cl)cc3)C2)cc(OC)c1OC. The number of ether oxygens (including phenoxy) is 4. The van der Waals surface area contributed by atoms with Gasteiger partial charge in [-0.15, -0.1) is 0 Å². The Morgan fingerprint density at radius 3 is 2.33 bits per heavy atom. The highest BCUT2D eigenvalue weighted by Gasteiger charge is 2.42. The molecular formula is C38H45ClF3N5O5. The summed E-state index contributed by atoms with van der Waals surface area (Å²) in [6.07, 6.45) is -1.84. The van der Waals surface area contributed by atoms with Crippen molar-refractivity contribution in [2.45, 2.75) is 37.4 Å². The third-order valence-corrected chi connectivity index (χ3v) is 10.4. The molecule has 1 unspecified atom stereocenters. The number of imidazole rings is 1. The zero-order valence-corrected chi connectivity index (χ0v) is 30.5. The third-order valence-electron chi connectivity index (χ3n) is 10.1. The first-order valence-corrected chi connectivity index (χ1v) is 17.8. The fourth-order valence-electron chi connectivity index (χ4n) is 7.46. The van der Waals surface area contributed by atoms with Crippen LogP contribution in [-0.2, 0) is 16.7 Å². The van der Waals surface area contributed by atoms with Gasteiger partial charge in [-0.25, -0.2) is 4.98 Å². The number of rotatable bonds is 13. The Morgan fingerprint density at radius 2 is 1.63 bits per heavy atom. The van der Waals surface area contributed by atoms with Gasteiger partial charge in [-0.2, -0.15) is 13.2 Å². The minimum Gasteiger partial charge on any atom is -0.493 e. The van der Waals surface area contributed by atoms with Crippen molar-refractivity contribution in [1.82, 2.24) is 19.4 Å². The Labute approximate surface area is 306 Å². The maximum Gasteiger partial charge on any atom is 0.411 e. The number of hydrogen-bond donors (Lipinski definition) is 0. The normalized spacial score (nSPS) is 18.5. The van der Waals surface area contributed by atoms with Gasteiger partial charge in [0.1, 0.15) is 6.61 Å². The predicted molar refractivity (Wildman–Crippen MR) is 194 cm³/mol. The van der Waals surface area contributed by atoms with Gasteiger partial charge in [0.15, 0.2) is 11.5 Å². The van der Waals surface area contributed by atoms with Crippen LogP contribution in [0, 0.1) is 0 Å². The lowest BCUT2D eigenvalue weighted by molar-refractivity contribution is -0.174. The number of carbonyl (C=O) groups is 1. The number of carbonyl (C=O) groups excluding carboxylic acids is 1. The van der Waals surface area contributed by atoms with Gasteiger partial charge >= 0.3 is 6.18 Å². The van der Waals surface area contributed by atoms with Crippen LogP contribution in [0.1, 0.15) is 35.2 Å². The van der Waals surface area contributed by atoms with Crippen molar-refractivity contribution in [2.24, 2.45) is 0 Å². The Balaban J connectivity index is 1.16. The molecule has 10 nitrogen and oxygen atoms in total. The van der Waals surface area contributed by atoms with E-state index in [1.807, 2.05) is 45.9 Å². The molecule has 3 heterocycles. The molecule has 3 aromatic carbocycles. The van der Waals surface area contributed by atoms with E-state index in [2.05, 4.69) is 21.9 Å². The summed E-state index contributed by atoms with van der Waals surface area (Å²) in [5, 5.41) is 0.660. The number of alkyl halides is 3. The Morgan fingerprint density at radius 1 is 0.904 bits per heavy atom. The van der Waals surface area contributed by atoms with Crippen molar-refractivity contribution in [3.63, 3.8) is 0 Å². The van der Waals surface area contributed by atoms with Gasteiger partial charge in [-0.1, -0.05) is 35.9 Å². The Hall–Kier alpha value is -4.20. The molecule has 6 rings (SSSR count). The Kier molecular flexibility index (Phi) is 11.7. The van der Waals surface area contributed by atoms with Crippen LogP contribution in [0.3, 0.4) is 0 Å². The van der Waals surface area contributed by atoms with Gasteiger partial charge in [0.2, 0.25) is 11.7 Å². The first-order valence-electron chi connectivity index (χ1n) is 17.5. The molecule has 1 atom stereocenters. The summed E-state index contributed by atoms with van der Waals surface area (Å²) in [6, 6.07) is 19.0. The molecule has 2 aliphatic rings. The molecule has 280 valence electrons. The molecule has 4 aromatic rings. The number of halogens is 4. The van der Waals surface area contributed by atoms with Crippen molar-refractivity contribution in [2.75, 3.05) is 85.3 Å². The number of hydrogen-bond acceptors (Lipinski definition) is 8. The molecule has 1 amide bonds. The fraction of sp³-hybridized carbons (Fsp3) is 0.474. The molecule has 1 aromatic heterocycles. The van der Waals surface area contributed by atoms with E-state index in [9.17, 15) is 18.0 Å². The number of nitrogens with zero attached hydrogens (tertiary/aromatic N) is 5. The van der Waals surface area contributed by atoms with Crippen LogP contribution >= 0.6 is 11.6 Å². The average molecular weight is 744 g/mol. The van der Waals surface area contributed by atoms with Gasteiger partial charge in [0, 0.05) is 55.3 Å². The predicted octanol–water partition coefficient (Wildman–Crippen LogP) is 6.68. The lowest BCUT2D eigenvalue weighted by Gasteiger charge is -2.33. The summed E-state index contributed by atoms with van der Waals surface area (Å²) in [5.74, 6) is 1.92. The second-order valence-electron chi connectivity index (χ2n) is 13.3. The van der Waals surface area contributed by atoms with Crippen LogP contribution in [0.2, 0.25) is 5.02 Å². The van der Waals surface area contributed by atoms with E-state index in [-0.39, 0.29) is 24.5 Å². The highest BCUT2D eigenvalue weighted by molar-refractivity contribution is 6.30.